The van der Waals surface area contributed by atoms with Gasteiger partial charge in [0, 0.05) is 18.0 Å². The molecule has 0 saturated carbocycles. The van der Waals surface area contributed by atoms with Gasteiger partial charge in [0.05, 0.1) is 16.6 Å². The van der Waals surface area contributed by atoms with Crippen LogP contribution in [0.15, 0.2) is 18.3 Å². The number of alkyl carbamates (subject to hydrolysis) is 1. The van der Waals surface area contributed by atoms with E-state index >= 15 is 0 Å². The molecule has 0 aliphatic rings. The first-order valence-electron chi connectivity index (χ1n) is 7.52. The smallest absolute Gasteiger partial charge is 0.408 e. The highest BCUT2D eigenvalue weighted by Crippen LogP contribution is 2.29. The minimum atomic E-state index is -0.827. The fourth-order valence-corrected chi connectivity index (χ4v) is 2.57. The molecule has 1 unspecified atom stereocenters. The molecule has 1 aromatic heterocycles. The van der Waals surface area contributed by atoms with Crippen molar-refractivity contribution in [3.63, 3.8) is 0 Å². The summed E-state index contributed by atoms with van der Waals surface area (Å²) in [6.45, 7) is 6.55. The van der Waals surface area contributed by atoms with Crippen LogP contribution in [0.1, 0.15) is 33.3 Å². The van der Waals surface area contributed by atoms with Crippen LogP contribution in [-0.4, -0.2) is 28.5 Å². The van der Waals surface area contributed by atoms with Crippen LogP contribution < -0.4 is 5.32 Å². The molecule has 130 valence electrons. The maximum atomic E-state index is 14.0. The van der Waals surface area contributed by atoms with Crippen LogP contribution in [-0.2, 0) is 16.0 Å². The predicted octanol–water partition coefficient (Wildman–Crippen LogP) is 3.99. The molecular weight excluding hydrogens is 335 g/mol. The lowest BCUT2D eigenvalue weighted by Gasteiger charge is -2.22. The number of rotatable bonds is 4. The van der Waals surface area contributed by atoms with E-state index in [1.165, 1.54) is 13.0 Å². The molecule has 0 spiro atoms. The van der Waals surface area contributed by atoms with Crippen molar-refractivity contribution in [1.82, 2.24) is 10.3 Å². The first-order chi connectivity index (χ1) is 11.1. The molecule has 0 radical (unpaired) electrons. The molecule has 0 fully saturated rings. The summed E-state index contributed by atoms with van der Waals surface area (Å²) in [6.07, 6.45) is 1.07. The average molecular weight is 355 g/mol. The van der Waals surface area contributed by atoms with E-state index in [-0.39, 0.29) is 17.2 Å². The first-order valence-corrected chi connectivity index (χ1v) is 7.90. The van der Waals surface area contributed by atoms with E-state index < -0.39 is 23.6 Å². The zero-order valence-electron chi connectivity index (χ0n) is 14.0. The monoisotopic (exact) mass is 354 g/mol. The Hall–Kier alpha value is -2.08. The molecule has 2 aromatic rings. The quantitative estimate of drug-likeness (QED) is 0.872. The van der Waals surface area contributed by atoms with Gasteiger partial charge in [-0.3, -0.25) is 4.79 Å². The summed E-state index contributed by atoms with van der Waals surface area (Å²) in [5, 5.41) is 3.09. The highest BCUT2D eigenvalue weighted by Gasteiger charge is 2.24. The number of nitrogens with one attached hydrogen (secondary N) is 2. The van der Waals surface area contributed by atoms with Crippen LogP contribution in [0.25, 0.3) is 10.9 Å². The number of hydrogen-bond acceptors (Lipinski definition) is 3. The van der Waals surface area contributed by atoms with Crippen molar-refractivity contribution < 1.29 is 18.7 Å². The van der Waals surface area contributed by atoms with Crippen molar-refractivity contribution in [2.24, 2.45) is 0 Å². The van der Waals surface area contributed by atoms with Crippen molar-refractivity contribution in [2.75, 3.05) is 0 Å². The van der Waals surface area contributed by atoms with E-state index in [2.05, 4.69) is 10.3 Å². The summed E-state index contributed by atoms with van der Waals surface area (Å²) in [6, 6.07) is 2.11. The first kappa shape index (κ1) is 18.3. The maximum Gasteiger partial charge on any atom is 0.408 e. The number of ether oxygens (including phenoxy) is 1. The topological polar surface area (TPSA) is 71.2 Å². The van der Waals surface area contributed by atoms with Crippen LogP contribution in [0, 0.1) is 5.82 Å². The molecule has 0 saturated heterocycles. The molecule has 24 heavy (non-hydrogen) atoms. The van der Waals surface area contributed by atoms with Gasteiger partial charge in [0.1, 0.15) is 11.4 Å². The lowest BCUT2D eigenvalue weighted by atomic mass is 10.0. The number of carbonyl (C=O) groups is 2. The van der Waals surface area contributed by atoms with Gasteiger partial charge in [0.25, 0.3) is 0 Å². The second-order valence-electron chi connectivity index (χ2n) is 6.61. The Balaban J connectivity index is 2.26. The molecule has 1 heterocycles. The molecule has 1 atom stereocenters. The molecule has 1 aromatic carbocycles. The Morgan fingerprint density at radius 2 is 2.08 bits per heavy atom. The summed E-state index contributed by atoms with van der Waals surface area (Å²) in [5.74, 6) is -0.825. The number of amides is 1. The Kier molecular flexibility index (Phi) is 5.18. The zero-order valence-corrected chi connectivity index (χ0v) is 14.8. The molecular formula is C17H20ClFN2O3. The van der Waals surface area contributed by atoms with Gasteiger partial charge in [-0.1, -0.05) is 11.6 Å². The number of ketones is 1. The largest absolute Gasteiger partial charge is 0.444 e. The molecule has 1 amide bonds. The number of Topliss-reactive ketones (excluding diaryl/α,β-unsaturated/α-hetero) is 1. The Bertz CT molecular complexity index is 780. The van der Waals surface area contributed by atoms with Gasteiger partial charge in [-0.15, -0.1) is 0 Å². The Morgan fingerprint density at radius 3 is 2.67 bits per heavy atom. The van der Waals surface area contributed by atoms with Crippen molar-refractivity contribution in [1.29, 1.82) is 0 Å². The Labute approximate surface area is 144 Å². The van der Waals surface area contributed by atoms with Crippen LogP contribution >= 0.6 is 11.6 Å². The van der Waals surface area contributed by atoms with Crippen molar-refractivity contribution >= 4 is 34.4 Å². The minimum Gasteiger partial charge on any atom is -0.444 e. The number of aromatic amines is 1. The molecule has 5 nitrogen and oxygen atoms in total. The molecule has 7 heteroatoms. The van der Waals surface area contributed by atoms with Gasteiger partial charge in [-0.2, -0.15) is 0 Å². The van der Waals surface area contributed by atoms with E-state index in [1.54, 1.807) is 33.0 Å². The molecule has 0 aliphatic carbocycles. The van der Waals surface area contributed by atoms with Gasteiger partial charge >= 0.3 is 6.09 Å². The van der Waals surface area contributed by atoms with Gasteiger partial charge in [0.2, 0.25) is 0 Å². The van der Waals surface area contributed by atoms with Crippen LogP contribution in [0.2, 0.25) is 5.02 Å². The zero-order chi connectivity index (χ0) is 18.1. The van der Waals surface area contributed by atoms with E-state index in [4.69, 9.17) is 16.3 Å². The lowest BCUT2D eigenvalue weighted by molar-refractivity contribution is -0.119. The minimum absolute atomic E-state index is 0.0227. The fourth-order valence-electron chi connectivity index (χ4n) is 2.36. The van der Waals surface area contributed by atoms with Crippen LogP contribution in [0.3, 0.4) is 0 Å². The third-order valence-corrected chi connectivity index (χ3v) is 3.81. The van der Waals surface area contributed by atoms with E-state index in [0.29, 0.717) is 16.5 Å². The third kappa shape index (κ3) is 4.26. The SMILES string of the molecule is CC(=O)C(Cc1cc(F)c(Cl)c2cc[nH]c12)NC(=O)OC(C)(C)C. The summed E-state index contributed by atoms with van der Waals surface area (Å²) in [7, 11) is 0. The second-order valence-corrected chi connectivity index (χ2v) is 6.99. The van der Waals surface area contributed by atoms with Gasteiger partial charge in [0.15, 0.2) is 5.78 Å². The standard InChI is InChI=1S/C17H20ClFN2O3/c1-9(22)13(21-16(23)24-17(2,3)4)8-10-7-12(19)14(18)11-5-6-20-15(10)11/h5-7,13,20H,8H2,1-4H3,(H,21,23). The number of carbonyl (C=O) groups excluding carboxylic acids is 2. The van der Waals surface area contributed by atoms with Crippen molar-refractivity contribution in [3.8, 4) is 0 Å². The van der Waals surface area contributed by atoms with E-state index in [1.807, 2.05) is 0 Å². The molecule has 2 N–H and O–H groups in total. The predicted molar refractivity (Wildman–Crippen MR) is 90.8 cm³/mol. The van der Waals surface area contributed by atoms with Crippen molar-refractivity contribution in [3.05, 3.63) is 34.7 Å². The maximum absolute atomic E-state index is 14.0. The highest BCUT2D eigenvalue weighted by molar-refractivity contribution is 6.35. The Morgan fingerprint density at radius 1 is 1.42 bits per heavy atom. The number of aromatic nitrogens is 1. The van der Waals surface area contributed by atoms with Crippen LogP contribution in [0.5, 0.6) is 0 Å². The number of hydrogen-bond donors (Lipinski definition) is 2. The number of fused-ring (bicyclic) bond motifs is 1. The molecule has 2 rings (SSSR count). The second kappa shape index (κ2) is 6.81. The van der Waals surface area contributed by atoms with Crippen molar-refractivity contribution in [2.45, 2.75) is 45.8 Å². The normalized spacial score (nSPS) is 12.9. The summed E-state index contributed by atoms with van der Waals surface area (Å²) in [4.78, 5) is 26.8. The third-order valence-electron chi connectivity index (χ3n) is 3.42. The van der Waals surface area contributed by atoms with Gasteiger partial charge in [-0.05, 0) is 45.4 Å². The lowest BCUT2D eigenvalue weighted by Crippen LogP contribution is -2.44. The highest BCUT2D eigenvalue weighted by atomic mass is 35.5. The fraction of sp³-hybridized carbons (Fsp3) is 0.412. The van der Waals surface area contributed by atoms with Gasteiger partial charge in [-0.25, -0.2) is 9.18 Å². The molecule has 0 aliphatic heterocycles. The average Bonchev–Trinajstić information content (AvgIpc) is 2.91. The summed E-state index contributed by atoms with van der Waals surface area (Å²) in [5.41, 5.74) is 0.511. The summed E-state index contributed by atoms with van der Waals surface area (Å²) < 4.78 is 19.1. The van der Waals surface area contributed by atoms with E-state index in [0.717, 1.165) is 0 Å². The summed E-state index contributed by atoms with van der Waals surface area (Å²) >= 11 is 5.94. The number of halogens is 2. The van der Waals surface area contributed by atoms with Crippen LogP contribution in [0.4, 0.5) is 9.18 Å². The van der Waals surface area contributed by atoms with Gasteiger partial charge < -0.3 is 15.0 Å². The number of H-pyrrole nitrogens is 1. The molecule has 0 bridgehead atoms. The number of benzene rings is 1. The van der Waals surface area contributed by atoms with E-state index in [9.17, 15) is 14.0 Å².